The molecule has 0 aliphatic rings. The largest absolute Gasteiger partial charge is 0.495 e. The molecule has 0 spiro atoms. The summed E-state index contributed by atoms with van der Waals surface area (Å²) in [7, 11) is 1.70. The Morgan fingerprint density at radius 3 is 2.62 bits per heavy atom. The Hall–Kier alpha value is -1.18. The number of rotatable bonds is 4. The number of nitrogens with one attached hydrogen (secondary N) is 1. The summed E-state index contributed by atoms with van der Waals surface area (Å²) >= 11 is 0. The first-order valence-corrected chi connectivity index (χ1v) is 4.73. The van der Waals surface area contributed by atoms with E-state index in [0.29, 0.717) is 0 Å². The predicted octanol–water partition coefficient (Wildman–Crippen LogP) is 2.69. The van der Waals surface area contributed by atoms with Crippen molar-refractivity contribution >= 4 is 5.69 Å². The van der Waals surface area contributed by atoms with Gasteiger partial charge in [-0.2, -0.15) is 0 Å². The molecule has 1 aromatic rings. The van der Waals surface area contributed by atoms with E-state index in [2.05, 4.69) is 25.2 Å². The van der Waals surface area contributed by atoms with E-state index in [1.807, 2.05) is 12.1 Å². The third-order valence-corrected chi connectivity index (χ3v) is 2.07. The third-order valence-electron chi connectivity index (χ3n) is 2.07. The maximum Gasteiger partial charge on any atom is 0.142 e. The fraction of sp³-hybridized carbons (Fsp3) is 0.455. The van der Waals surface area contributed by atoms with Crippen LogP contribution in [0.2, 0.25) is 0 Å². The molecule has 0 heterocycles. The molecule has 72 valence electrons. The van der Waals surface area contributed by atoms with Gasteiger partial charge in [-0.25, -0.2) is 0 Å². The van der Waals surface area contributed by atoms with Gasteiger partial charge in [-0.15, -0.1) is 0 Å². The smallest absolute Gasteiger partial charge is 0.142 e. The molecule has 2 nitrogen and oxygen atoms in total. The van der Waals surface area contributed by atoms with Crippen molar-refractivity contribution in [1.29, 1.82) is 0 Å². The minimum absolute atomic E-state index is 0.924. The average Bonchev–Trinajstić information content (AvgIpc) is 2.18. The Morgan fingerprint density at radius 1 is 1.31 bits per heavy atom. The van der Waals surface area contributed by atoms with Crippen LogP contribution >= 0.6 is 0 Å². The number of methoxy groups -OCH3 is 1. The molecular formula is C11H17NO. The topological polar surface area (TPSA) is 21.3 Å². The van der Waals surface area contributed by atoms with Crippen molar-refractivity contribution in [3.05, 3.63) is 23.8 Å². The van der Waals surface area contributed by atoms with E-state index in [-0.39, 0.29) is 0 Å². The molecule has 1 aromatic carbocycles. The number of aryl methyl sites for hydroxylation is 1. The van der Waals surface area contributed by atoms with Crippen LogP contribution in [0.3, 0.4) is 0 Å². The Bertz CT molecular complexity index is 249. The second-order valence-corrected chi connectivity index (χ2v) is 2.88. The van der Waals surface area contributed by atoms with Crippen LogP contribution in [0.25, 0.3) is 0 Å². The first-order valence-electron chi connectivity index (χ1n) is 4.73. The Morgan fingerprint density at radius 2 is 2.08 bits per heavy atom. The second-order valence-electron chi connectivity index (χ2n) is 2.88. The van der Waals surface area contributed by atoms with Gasteiger partial charge in [0.05, 0.1) is 12.8 Å². The molecule has 0 aromatic heterocycles. The molecule has 2 heteroatoms. The van der Waals surface area contributed by atoms with Gasteiger partial charge in [0.2, 0.25) is 0 Å². The lowest BCUT2D eigenvalue weighted by atomic mass is 10.1. The lowest BCUT2D eigenvalue weighted by Gasteiger charge is -2.13. The van der Waals surface area contributed by atoms with Crippen LogP contribution in [0.1, 0.15) is 19.4 Å². The Labute approximate surface area is 79.9 Å². The van der Waals surface area contributed by atoms with Crippen molar-refractivity contribution in [2.45, 2.75) is 20.3 Å². The van der Waals surface area contributed by atoms with E-state index in [4.69, 9.17) is 4.74 Å². The molecule has 0 atom stereocenters. The molecular weight excluding hydrogens is 162 g/mol. The zero-order chi connectivity index (χ0) is 9.68. The maximum atomic E-state index is 5.28. The first kappa shape index (κ1) is 9.90. The second kappa shape index (κ2) is 4.75. The van der Waals surface area contributed by atoms with Gasteiger partial charge in [-0.1, -0.05) is 19.1 Å². The fourth-order valence-electron chi connectivity index (χ4n) is 1.42. The Balaban J connectivity index is 3.05. The summed E-state index contributed by atoms with van der Waals surface area (Å²) in [5.41, 5.74) is 2.44. The standard InChI is InChI=1S/C11H17NO/c1-4-9-7-6-8-10(13-3)11(9)12-5-2/h6-8,12H,4-5H2,1-3H3. The van der Waals surface area contributed by atoms with Gasteiger partial charge < -0.3 is 10.1 Å². The molecule has 0 saturated heterocycles. The van der Waals surface area contributed by atoms with Crippen LogP contribution in [0.15, 0.2) is 18.2 Å². The van der Waals surface area contributed by atoms with Gasteiger partial charge in [0.1, 0.15) is 5.75 Å². The number of ether oxygens (including phenoxy) is 1. The predicted molar refractivity (Wildman–Crippen MR) is 56.5 cm³/mol. The third kappa shape index (κ3) is 2.14. The average molecular weight is 179 g/mol. The highest BCUT2D eigenvalue weighted by Crippen LogP contribution is 2.28. The summed E-state index contributed by atoms with van der Waals surface area (Å²) in [6.07, 6.45) is 1.03. The van der Waals surface area contributed by atoms with Crippen LogP contribution < -0.4 is 10.1 Å². The van der Waals surface area contributed by atoms with Gasteiger partial charge in [0.25, 0.3) is 0 Å². The maximum absolute atomic E-state index is 5.28. The lowest BCUT2D eigenvalue weighted by molar-refractivity contribution is 0.416. The van der Waals surface area contributed by atoms with Gasteiger partial charge in [-0.3, -0.25) is 0 Å². The van der Waals surface area contributed by atoms with E-state index in [9.17, 15) is 0 Å². The molecule has 0 unspecified atom stereocenters. The highest BCUT2D eigenvalue weighted by molar-refractivity contribution is 5.62. The van der Waals surface area contributed by atoms with Gasteiger partial charge in [-0.05, 0) is 25.0 Å². The van der Waals surface area contributed by atoms with Gasteiger partial charge >= 0.3 is 0 Å². The minimum atomic E-state index is 0.924. The zero-order valence-electron chi connectivity index (χ0n) is 8.55. The Kier molecular flexibility index (Phi) is 3.62. The molecule has 0 aliphatic carbocycles. The number of hydrogen-bond acceptors (Lipinski definition) is 2. The van der Waals surface area contributed by atoms with E-state index in [1.165, 1.54) is 5.56 Å². The number of para-hydroxylation sites is 1. The summed E-state index contributed by atoms with van der Waals surface area (Å²) < 4.78 is 5.28. The zero-order valence-corrected chi connectivity index (χ0v) is 8.55. The van der Waals surface area contributed by atoms with Crippen molar-refractivity contribution < 1.29 is 4.74 Å². The van der Waals surface area contributed by atoms with Crippen molar-refractivity contribution in [2.75, 3.05) is 19.0 Å². The molecule has 1 rings (SSSR count). The van der Waals surface area contributed by atoms with Crippen molar-refractivity contribution in [3.8, 4) is 5.75 Å². The molecule has 0 aliphatic heterocycles. The molecule has 1 N–H and O–H groups in total. The van der Waals surface area contributed by atoms with Crippen LogP contribution in [0.4, 0.5) is 5.69 Å². The summed E-state index contributed by atoms with van der Waals surface area (Å²) in [4.78, 5) is 0. The van der Waals surface area contributed by atoms with E-state index >= 15 is 0 Å². The normalized spacial score (nSPS) is 9.77. The molecule has 13 heavy (non-hydrogen) atoms. The van der Waals surface area contributed by atoms with Gasteiger partial charge in [0.15, 0.2) is 0 Å². The first-order chi connectivity index (χ1) is 6.33. The lowest BCUT2D eigenvalue weighted by Crippen LogP contribution is -2.02. The van der Waals surface area contributed by atoms with Crippen molar-refractivity contribution in [3.63, 3.8) is 0 Å². The molecule has 0 bridgehead atoms. The van der Waals surface area contributed by atoms with E-state index < -0.39 is 0 Å². The van der Waals surface area contributed by atoms with Gasteiger partial charge in [0, 0.05) is 6.54 Å². The highest BCUT2D eigenvalue weighted by atomic mass is 16.5. The summed E-state index contributed by atoms with van der Waals surface area (Å²) in [6, 6.07) is 6.14. The number of hydrogen-bond donors (Lipinski definition) is 1. The van der Waals surface area contributed by atoms with E-state index in [1.54, 1.807) is 7.11 Å². The molecule has 0 saturated carbocycles. The van der Waals surface area contributed by atoms with Crippen LogP contribution in [0.5, 0.6) is 5.75 Å². The SMILES string of the molecule is CCNc1c(CC)cccc1OC. The van der Waals surface area contributed by atoms with E-state index in [0.717, 1.165) is 24.4 Å². The van der Waals surface area contributed by atoms with Crippen molar-refractivity contribution in [2.24, 2.45) is 0 Å². The quantitative estimate of drug-likeness (QED) is 0.767. The monoisotopic (exact) mass is 179 g/mol. The molecule has 0 radical (unpaired) electrons. The summed E-state index contributed by atoms with van der Waals surface area (Å²) in [5, 5.41) is 3.32. The van der Waals surface area contributed by atoms with Crippen LogP contribution in [-0.4, -0.2) is 13.7 Å². The number of anilines is 1. The van der Waals surface area contributed by atoms with Crippen LogP contribution in [0, 0.1) is 0 Å². The minimum Gasteiger partial charge on any atom is -0.495 e. The summed E-state index contributed by atoms with van der Waals surface area (Å²) in [5.74, 6) is 0.932. The number of benzene rings is 1. The molecule has 0 amide bonds. The van der Waals surface area contributed by atoms with Crippen molar-refractivity contribution in [1.82, 2.24) is 0 Å². The fourth-order valence-corrected chi connectivity index (χ4v) is 1.42. The summed E-state index contributed by atoms with van der Waals surface area (Å²) in [6.45, 7) is 5.16. The highest BCUT2D eigenvalue weighted by Gasteiger charge is 2.05. The molecule has 0 fully saturated rings. The van der Waals surface area contributed by atoms with Crippen LogP contribution in [-0.2, 0) is 6.42 Å².